The van der Waals surface area contributed by atoms with Crippen molar-refractivity contribution in [3.63, 3.8) is 0 Å². The van der Waals surface area contributed by atoms with Crippen LogP contribution >= 0.6 is 12.6 Å². The second kappa shape index (κ2) is 5.86. The second-order valence-corrected chi connectivity index (χ2v) is 4.66. The third kappa shape index (κ3) is 3.33. The van der Waals surface area contributed by atoms with Crippen molar-refractivity contribution in [3.05, 3.63) is 38.8 Å². The maximum atomic E-state index is 11.8. The molecule has 0 aliphatic rings. The van der Waals surface area contributed by atoms with E-state index in [0.29, 0.717) is 18.2 Å². The van der Waals surface area contributed by atoms with Crippen LogP contribution in [0.25, 0.3) is 0 Å². The van der Waals surface area contributed by atoms with Crippen LogP contribution in [0.3, 0.4) is 0 Å². The van der Waals surface area contributed by atoms with Gasteiger partial charge in [-0.3, -0.25) is 14.9 Å². The topological polar surface area (TPSA) is 65.1 Å². The molecule has 0 bridgehead atoms. The molecule has 0 spiro atoms. The molecule has 1 aromatic heterocycles. The Hall–Kier alpha value is -1.30. The molecular weight excluding hydrogens is 240 g/mol. The van der Waals surface area contributed by atoms with Crippen LogP contribution in [0.4, 0.5) is 5.69 Å². The maximum Gasteiger partial charge on any atom is 0.334 e. The van der Waals surface area contributed by atoms with Crippen molar-refractivity contribution in [2.24, 2.45) is 11.8 Å². The second-order valence-electron chi connectivity index (χ2n) is 4.29. The van der Waals surface area contributed by atoms with Crippen molar-refractivity contribution >= 4 is 18.3 Å². The van der Waals surface area contributed by atoms with E-state index in [-0.39, 0.29) is 11.6 Å². The standard InChI is InChI=1S/C11H16N2O3S/c1-8(2)9(7-17)6-12-5-3-4-10(11(12)14)13(15)16/h3-5,8-9,17H,6-7H2,1-2H3. The zero-order valence-corrected chi connectivity index (χ0v) is 10.8. The quantitative estimate of drug-likeness (QED) is 0.497. The van der Waals surface area contributed by atoms with Crippen molar-refractivity contribution in [3.8, 4) is 0 Å². The summed E-state index contributed by atoms with van der Waals surface area (Å²) < 4.78 is 1.39. The highest BCUT2D eigenvalue weighted by Crippen LogP contribution is 2.14. The van der Waals surface area contributed by atoms with Crippen LogP contribution in [0.15, 0.2) is 23.1 Å². The molecule has 0 radical (unpaired) electrons. The van der Waals surface area contributed by atoms with Crippen LogP contribution < -0.4 is 5.56 Å². The number of nitrogens with zero attached hydrogens (tertiary/aromatic N) is 2. The zero-order chi connectivity index (χ0) is 13.0. The lowest BCUT2D eigenvalue weighted by atomic mass is 9.98. The fourth-order valence-corrected chi connectivity index (χ4v) is 2.08. The van der Waals surface area contributed by atoms with Crippen LogP contribution in [-0.2, 0) is 6.54 Å². The van der Waals surface area contributed by atoms with Gasteiger partial charge in [0.05, 0.1) is 4.92 Å². The molecule has 0 fully saturated rings. The van der Waals surface area contributed by atoms with Gasteiger partial charge in [-0.2, -0.15) is 12.6 Å². The van der Waals surface area contributed by atoms with Gasteiger partial charge < -0.3 is 4.57 Å². The van der Waals surface area contributed by atoms with E-state index in [4.69, 9.17) is 0 Å². The van der Waals surface area contributed by atoms with Gasteiger partial charge in [-0.05, 0) is 23.7 Å². The van der Waals surface area contributed by atoms with E-state index < -0.39 is 10.5 Å². The fraction of sp³-hybridized carbons (Fsp3) is 0.545. The first kappa shape index (κ1) is 13.8. The molecule has 0 aliphatic heterocycles. The third-order valence-electron chi connectivity index (χ3n) is 2.81. The molecule has 1 heterocycles. The average Bonchev–Trinajstić information content (AvgIpc) is 2.26. The lowest BCUT2D eigenvalue weighted by Gasteiger charge is -2.19. The van der Waals surface area contributed by atoms with Gasteiger partial charge in [0, 0.05) is 18.8 Å². The van der Waals surface area contributed by atoms with Gasteiger partial charge in [0.1, 0.15) is 0 Å². The number of hydrogen-bond acceptors (Lipinski definition) is 4. The predicted octanol–water partition coefficient (Wildman–Crippen LogP) is 1.96. The van der Waals surface area contributed by atoms with Gasteiger partial charge in [-0.15, -0.1) is 0 Å². The summed E-state index contributed by atoms with van der Waals surface area (Å²) in [5, 5.41) is 10.6. The number of nitro groups is 1. The van der Waals surface area contributed by atoms with E-state index in [1.165, 1.54) is 16.7 Å². The molecule has 6 heteroatoms. The summed E-state index contributed by atoms with van der Waals surface area (Å²) in [6.07, 6.45) is 1.58. The lowest BCUT2D eigenvalue weighted by molar-refractivity contribution is -0.386. The van der Waals surface area contributed by atoms with Crippen molar-refractivity contribution in [1.82, 2.24) is 4.57 Å². The molecule has 1 unspecified atom stereocenters. The molecule has 0 aliphatic carbocycles. The summed E-state index contributed by atoms with van der Waals surface area (Å²) >= 11 is 4.24. The highest BCUT2D eigenvalue weighted by Gasteiger charge is 2.17. The molecular formula is C11H16N2O3S. The molecule has 17 heavy (non-hydrogen) atoms. The van der Waals surface area contributed by atoms with Crippen molar-refractivity contribution in [2.75, 3.05) is 5.75 Å². The van der Waals surface area contributed by atoms with E-state index in [0.717, 1.165) is 0 Å². The summed E-state index contributed by atoms with van der Waals surface area (Å²) in [7, 11) is 0. The molecule has 94 valence electrons. The van der Waals surface area contributed by atoms with Crippen LogP contribution in [0.1, 0.15) is 13.8 Å². The van der Waals surface area contributed by atoms with Crippen LogP contribution in [0.2, 0.25) is 0 Å². The average molecular weight is 256 g/mol. The van der Waals surface area contributed by atoms with E-state index in [1.807, 2.05) is 13.8 Å². The molecule has 0 saturated heterocycles. The van der Waals surface area contributed by atoms with Gasteiger partial charge in [-0.25, -0.2) is 0 Å². The minimum atomic E-state index is -0.649. The highest BCUT2D eigenvalue weighted by molar-refractivity contribution is 7.80. The Morgan fingerprint density at radius 2 is 2.18 bits per heavy atom. The first-order valence-corrected chi connectivity index (χ1v) is 6.05. The molecule has 1 rings (SSSR count). The molecule has 1 atom stereocenters. The largest absolute Gasteiger partial charge is 0.334 e. The normalized spacial score (nSPS) is 12.7. The maximum absolute atomic E-state index is 11.8. The van der Waals surface area contributed by atoms with Gasteiger partial charge in [0.15, 0.2) is 0 Å². The summed E-state index contributed by atoms with van der Waals surface area (Å²) in [4.78, 5) is 21.8. The summed E-state index contributed by atoms with van der Waals surface area (Å²) in [6, 6.07) is 2.75. The molecule has 0 aromatic carbocycles. The molecule has 0 saturated carbocycles. The Morgan fingerprint density at radius 1 is 1.53 bits per heavy atom. The Kier molecular flexibility index (Phi) is 4.74. The third-order valence-corrected chi connectivity index (χ3v) is 3.27. The number of aromatic nitrogens is 1. The fourth-order valence-electron chi connectivity index (χ4n) is 1.54. The molecule has 0 amide bonds. The lowest BCUT2D eigenvalue weighted by Crippen LogP contribution is -2.27. The highest BCUT2D eigenvalue weighted by atomic mass is 32.1. The van der Waals surface area contributed by atoms with Gasteiger partial charge in [0.2, 0.25) is 0 Å². The summed E-state index contributed by atoms with van der Waals surface area (Å²) in [5.74, 6) is 1.24. The van der Waals surface area contributed by atoms with Crippen LogP contribution in [0.5, 0.6) is 0 Å². The van der Waals surface area contributed by atoms with Crippen molar-refractivity contribution in [1.29, 1.82) is 0 Å². The van der Waals surface area contributed by atoms with E-state index in [9.17, 15) is 14.9 Å². The number of pyridine rings is 1. The minimum Gasteiger partial charge on any atom is -0.309 e. The minimum absolute atomic E-state index is 0.220. The number of rotatable bonds is 5. The first-order valence-electron chi connectivity index (χ1n) is 5.42. The molecule has 5 nitrogen and oxygen atoms in total. The van der Waals surface area contributed by atoms with E-state index in [2.05, 4.69) is 12.6 Å². The van der Waals surface area contributed by atoms with Crippen LogP contribution in [-0.4, -0.2) is 15.2 Å². The molecule has 1 aromatic rings. The Labute approximate surface area is 105 Å². The number of thiol groups is 1. The Morgan fingerprint density at radius 3 is 2.65 bits per heavy atom. The van der Waals surface area contributed by atoms with Crippen LogP contribution in [0, 0.1) is 22.0 Å². The number of hydrogen-bond donors (Lipinski definition) is 1. The van der Waals surface area contributed by atoms with Crippen molar-refractivity contribution < 1.29 is 4.92 Å². The summed E-state index contributed by atoms with van der Waals surface area (Å²) in [6.45, 7) is 4.55. The van der Waals surface area contributed by atoms with Gasteiger partial charge >= 0.3 is 11.2 Å². The van der Waals surface area contributed by atoms with Crippen molar-refractivity contribution in [2.45, 2.75) is 20.4 Å². The van der Waals surface area contributed by atoms with E-state index in [1.54, 1.807) is 6.20 Å². The zero-order valence-electron chi connectivity index (χ0n) is 9.87. The SMILES string of the molecule is CC(C)C(CS)Cn1cccc([N+](=O)[O-])c1=O. The Bertz CT molecular complexity index is 456. The van der Waals surface area contributed by atoms with E-state index >= 15 is 0 Å². The predicted molar refractivity (Wildman–Crippen MR) is 69.5 cm³/mol. The first-order chi connectivity index (χ1) is 7.97. The monoisotopic (exact) mass is 256 g/mol. The van der Waals surface area contributed by atoms with Gasteiger partial charge in [-0.1, -0.05) is 13.8 Å². The van der Waals surface area contributed by atoms with Gasteiger partial charge in [0.25, 0.3) is 0 Å². The molecule has 0 N–H and O–H groups in total. The summed E-state index contributed by atoms with van der Waals surface area (Å²) in [5.41, 5.74) is -0.931. The Balaban J connectivity index is 3.04. The smallest absolute Gasteiger partial charge is 0.309 e.